The third-order valence-electron chi connectivity index (χ3n) is 3.01. The van der Waals surface area contributed by atoms with Crippen LogP contribution in [0.3, 0.4) is 0 Å². The number of carbonyl (C=O) groups excluding carboxylic acids is 1. The molecule has 3 nitrogen and oxygen atoms in total. The number of pyridine rings is 1. The van der Waals surface area contributed by atoms with Gasteiger partial charge in [0.1, 0.15) is 0 Å². The summed E-state index contributed by atoms with van der Waals surface area (Å²) in [5.74, 6) is 0.138. The molecule has 19 heavy (non-hydrogen) atoms. The fourth-order valence-electron chi connectivity index (χ4n) is 2.03. The van der Waals surface area contributed by atoms with Crippen LogP contribution in [0, 0.1) is 0 Å². The maximum absolute atomic E-state index is 12.2. The molecule has 0 fully saturated rings. The lowest BCUT2D eigenvalue weighted by atomic mass is 10.2. The average molecular weight is 254 g/mol. The number of nitrogens with zero attached hydrogens (tertiary/aromatic N) is 2. The number of aryl methyl sites for hydroxylation is 1. The van der Waals surface area contributed by atoms with Gasteiger partial charge in [0.25, 0.3) is 0 Å². The van der Waals surface area contributed by atoms with Crippen molar-refractivity contribution < 1.29 is 4.79 Å². The van der Waals surface area contributed by atoms with Crippen molar-refractivity contribution in [1.82, 2.24) is 4.98 Å². The lowest BCUT2D eigenvalue weighted by Crippen LogP contribution is -2.30. The molecule has 0 atom stereocenters. The summed E-state index contributed by atoms with van der Waals surface area (Å²) in [5, 5.41) is 0. The van der Waals surface area contributed by atoms with E-state index in [2.05, 4.69) is 4.98 Å². The molecule has 1 amide bonds. The summed E-state index contributed by atoms with van der Waals surface area (Å²) in [6, 6.07) is 15.6. The minimum atomic E-state index is 0.138. The second-order valence-corrected chi connectivity index (χ2v) is 4.29. The Balaban J connectivity index is 1.98. The van der Waals surface area contributed by atoms with Gasteiger partial charge in [-0.25, -0.2) is 0 Å². The highest BCUT2D eigenvalue weighted by Gasteiger charge is 2.13. The molecule has 0 aliphatic heterocycles. The van der Waals surface area contributed by atoms with E-state index in [-0.39, 0.29) is 5.91 Å². The van der Waals surface area contributed by atoms with E-state index in [1.807, 2.05) is 60.4 Å². The zero-order valence-electron chi connectivity index (χ0n) is 11.1. The predicted molar refractivity (Wildman–Crippen MR) is 77.0 cm³/mol. The third-order valence-corrected chi connectivity index (χ3v) is 3.01. The maximum Gasteiger partial charge on any atom is 0.227 e. The zero-order valence-corrected chi connectivity index (χ0v) is 11.1. The van der Waals surface area contributed by atoms with Crippen molar-refractivity contribution in [2.24, 2.45) is 0 Å². The molecular formula is C16H18N2O. The number of aromatic nitrogens is 1. The first-order valence-electron chi connectivity index (χ1n) is 6.56. The minimum absolute atomic E-state index is 0.138. The van der Waals surface area contributed by atoms with E-state index in [4.69, 9.17) is 0 Å². The molecule has 2 aromatic rings. The molecule has 0 aliphatic carbocycles. The van der Waals surface area contributed by atoms with E-state index in [0.717, 1.165) is 11.4 Å². The van der Waals surface area contributed by atoms with Gasteiger partial charge in [-0.05, 0) is 37.6 Å². The molecule has 2 rings (SSSR count). The molecule has 0 radical (unpaired) electrons. The summed E-state index contributed by atoms with van der Waals surface area (Å²) in [6.07, 6.45) is 2.93. The van der Waals surface area contributed by atoms with Gasteiger partial charge in [0.15, 0.2) is 0 Å². The second kappa shape index (κ2) is 6.69. The number of anilines is 1. The Morgan fingerprint density at radius 3 is 2.47 bits per heavy atom. The van der Waals surface area contributed by atoms with Gasteiger partial charge in [0.05, 0.1) is 0 Å². The number of hydrogen-bond donors (Lipinski definition) is 0. The Hall–Kier alpha value is -2.16. The van der Waals surface area contributed by atoms with Gasteiger partial charge in [0.2, 0.25) is 5.91 Å². The first kappa shape index (κ1) is 13.3. The fraction of sp³-hybridized carbons (Fsp3) is 0.250. The Morgan fingerprint density at radius 2 is 1.84 bits per heavy atom. The van der Waals surface area contributed by atoms with Gasteiger partial charge in [-0.1, -0.05) is 24.3 Å². The first-order chi connectivity index (χ1) is 9.31. The molecule has 0 bridgehead atoms. The van der Waals surface area contributed by atoms with E-state index in [1.54, 1.807) is 6.20 Å². The number of rotatable bonds is 5. The van der Waals surface area contributed by atoms with Gasteiger partial charge in [-0.2, -0.15) is 0 Å². The molecule has 0 N–H and O–H groups in total. The van der Waals surface area contributed by atoms with Crippen molar-refractivity contribution >= 4 is 11.6 Å². The monoisotopic (exact) mass is 254 g/mol. The highest BCUT2D eigenvalue weighted by molar-refractivity contribution is 5.93. The van der Waals surface area contributed by atoms with Crippen LogP contribution in [-0.4, -0.2) is 17.4 Å². The van der Waals surface area contributed by atoms with E-state index in [1.165, 1.54) is 0 Å². The smallest absolute Gasteiger partial charge is 0.227 e. The quantitative estimate of drug-likeness (QED) is 0.821. The van der Waals surface area contributed by atoms with Crippen LogP contribution in [0.4, 0.5) is 5.69 Å². The molecule has 1 aromatic heterocycles. The Bertz CT molecular complexity index is 511. The fourth-order valence-corrected chi connectivity index (χ4v) is 2.03. The van der Waals surface area contributed by atoms with Gasteiger partial charge in [-0.15, -0.1) is 0 Å². The van der Waals surface area contributed by atoms with Crippen molar-refractivity contribution in [3.05, 3.63) is 60.4 Å². The predicted octanol–water partition coefficient (Wildman–Crippen LogP) is 3.07. The lowest BCUT2D eigenvalue weighted by molar-refractivity contribution is -0.118. The van der Waals surface area contributed by atoms with E-state index >= 15 is 0 Å². The van der Waals surface area contributed by atoms with Crippen molar-refractivity contribution in [3.63, 3.8) is 0 Å². The molecule has 1 aromatic carbocycles. The third kappa shape index (κ3) is 3.65. The summed E-state index contributed by atoms with van der Waals surface area (Å²) in [5.41, 5.74) is 1.91. The standard InChI is InChI=1S/C16H18N2O/c1-2-18(15-9-4-3-5-10-15)16(19)12-11-14-8-6-7-13-17-14/h3-10,13H,2,11-12H2,1H3. The van der Waals surface area contributed by atoms with Gasteiger partial charge >= 0.3 is 0 Å². The maximum atomic E-state index is 12.2. The van der Waals surface area contributed by atoms with Crippen LogP contribution in [0.5, 0.6) is 0 Å². The lowest BCUT2D eigenvalue weighted by Gasteiger charge is -2.20. The summed E-state index contributed by atoms with van der Waals surface area (Å²) >= 11 is 0. The molecule has 0 saturated heterocycles. The van der Waals surface area contributed by atoms with Gasteiger partial charge < -0.3 is 4.90 Å². The summed E-state index contributed by atoms with van der Waals surface area (Å²) in [7, 11) is 0. The largest absolute Gasteiger partial charge is 0.313 e. The molecular weight excluding hydrogens is 236 g/mol. The van der Waals surface area contributed by atoms with Crippen molar-refractivity contribution in [1.29, 1.82) is 0 Å². The van der Waals surface area contributed by atoms with Crippen molar-refractivity contribution in [3.8, 4) is 0 Å². The zero-order chi connectivity index (χ0) is 13.5. The average Bonchev–Trinajstić information content (AvgIpc) is 2.48. The SMILES string of the molecule is CCN(C(=O)CCc1ccccn1)c1ccccc1. The molecule has 0 saturated carbocycles. The molecule has 0 unspecified atom stereocenters. The normalized spacial score (nSPS) is 10.2. The molecule has 98 valence electrons. The number of amides is 1. The van der Waals surface area contributed by atoms with Crippen LogP contribution in [0.1, 0.15) is 19.0 Å². The van der Waals surface area contributed by atoms with Crippen LogP contribution in [0.25, 0.3) is 0 Å². The van der Waals surface area contributed by atoms with Gasteiger partial charge in [-0.3, -0.25) is 9.78 Å². The summed E-state index contributed by atoms with van der Waals surface area (Å²) < 4.78 is 0. The first-order valence-corrected chi connectivity index (χ1v) is 6.56. The molecule has 0 spiro atoms. The van der Waals surface area contributed by atoms with Crippen LogP contribution >= 0.6 is 0 Å². The highest BCUT2D eigenvalue weighted by atomic mass is 16.2. The molecule has 0 aliphatic rings. The van der Waals surface area contributed by atoms with Gasteiger partial charge in [0, 0.05) is 30.5 Å². The summed E-state index contributed by atoms with van der Waals surface area (Å²) in [6.45, 7) is 2.68. The Kier molecular flexibility index (Phi) is 4.67. The van der Waals surface area contributed by atoms with Crippen LogP contribution in [0.2, 0.25) is 0 Å². The highest BCUT2D eigenvalue weighted by Crippen LogP contribution is 2.14. The topological polar surface area (TPSA) is 33.2 Å². The Labute approximate surface area is 113 Å². The van der Waals surface area contributed by atoms with Crippen molar-refractivity contribution in [2.75, 3.05) is 11.4 Å². The van der Waals surface area contributed by atoms with Crippen molar-refractivity contribution in [2.45, 2.75) is 19.8 Å². The van der Waals surface area contributed by atoms with E-state index < -0.39 is 0 Å². The molecule has 1 heterocycles. The number of carbonyl (C=O) groups is 1. The summed E-state index contributed by atoms with van der Waals surface area (Å²) in [4.78, 5) is 18.3. The second-order valence-electron chi connectivity index (χ2n) is 4.29. The number of para-hydroxylation sites is 1. The number of benzene rings is 1. The minimum Gasteiger partial charge on any atom is -0.313 e. The van der Waals surface area contributed by atoms with E-state index in [0.29, 0.717) is 19.4 Å². The molecule has 3 heteroatoms. The van der Waals surface area contributed by atoms with Crippen LogP contribution < -0.4 is 4.90 Å². The van der Waals surface area contributed by atoms with E-state index in [9.17, 15) is 4.79 Å². The number of hydrogen-bond acceptors (Lipinski definition) is 2. The van der Waals surface area contributed by atoms with Crippen LogP contribution in [-0.2, 0) is 11.2 Å². The van der Waals surface area contributed by atoms with Crippen LogP contribution in [0.15, 0.2) is 54.7 Å². The Morgan fingerprint density at radius 1 is 1.11 bits per heavy atom.